The number of carbonyl (C=O) groups excluding carboxylic acids is 1. The molecule has 1 amide bonds. The first-order valence-corrected chi connectivity index (χ1v) is 7.48. The minimum absolute atomic E-state index is 0.000400. The number of nitrogens with one attached hydrogen (secondary N) is 2. The van der Waals surface area contributed by atoms with Crippen molar-refractivity contribution in [2.45, 2.75) is 33.1 Å². The second kappa shape index (κ2) is 7.13. The van der Waals surface area contributed by atoms with Gasteiger partial charge in [0.15, 0.2) is 0 Å². The smallest absolute Gasteiger partial charge is 0.251 e. The minimum Gasteiger partial charge on any atom is -0.385 e. The van der Waals surface area contributed by atoms with Crippen LogP contribution >= 0.6 is 0 Å². The molecule has 20 heavy (non-hydrogen) atoms. The number of allylic oxidation sites excluding steroid dienone is 2. The summed E-state index contributed by atoms with van der Waals surface area (Å²) in [5.41, 5.74) is 2.99. The average Bonchev–Trinajstić information content (AvgIpc) is 2.47. The molecule has 3 heteroatoms. The Labute approximate surface area is 121 Å². The molecule has 3 nitrogen and oxygen atoms in total. The molecule has 0 saturated carbocycles. The minimum atomic E-state index is -0.000400. The average molecular weight is 272 g/mol. The molecule has 0 saturated heterocycles. The Bertz CT molecular complexity index is 494. The van der Waals surface area contributed by atoms with Gasteiger partial charge in [-0.3, -0.25) is 4.79 Å². The highest BCUT2D eigenvalue weighted by Crippen LogP contribution is 2.21. The molecule has 1 aliphatic carbocycles. The zero-order valence-electron chi connectivity index (χ0n) is 12.4. The number of hydrogen-bond acceptors (Lipinski definition) is 2. The van der Waals surface area contributed by atoms with Gasteiger partial charge in [0.25, 0.3) is 5.91 Å². The Morgan fingerprint density at radius 1 is 1.35 bits per heavy atom. The summed E-state index contributed by atoms with van der Waals surface area (Å²) in [7, 11) is 0. The van der Waals surface area contributed by atoms with Crippen LogP contribution < -0.4 is 10.6 Å². The number of hydrogen-bond donors (Lipinski definition) is 2. The van der Waals surface area contributed by atoms with Gasteiger partial charge in [-0.05, 0) is 62.8 Å². The molecule has 1 aromatic carbocycles. The quantitative estimate of drug-likeness (QED) is 0.805. The summed E-state index contributed by atoms with van der Waals surface area (Å²) in [5, 5.41) is 6.34. The maximum atomic E-state index is 11.8. The van der Waals surface area contributed by atoms with E-state index in [-0.39, 0.29) is 5.91 Å². The van der Waals surface area contributed by atoms with Gasteiger partial charge < -0.3 is 10.6 Å². The van der Waals surface area contributed by atoms with E-state index in [1.165, 1.54) is 19.3 Å². The second-order valence-electron chi connectivity index (χ2n) is 5.42. The summed E-state index contributed by atoms with van der Waals surface area (Å²) in [6.07, 6.45) is 8.17. The van der Waals surface area contributed by atoms with Crippen LogP contribution in [0.4, 0.5) is 5.69 Å². The van der Waals surface area contributed by atoms with Gasteiger partial charge in [0, 0.05) is 24.3 Å². The Morgan fingerprint density at radius 2 is 2.20 bits per heavy atom. The van der Waals surface area contributed by atoms with Crippen molar-refractivity contribution in [1.82, 2.24) is 5.32 Å². The summed E-state index contributed by atoms with van der Waals surface area (Å²) < 4.78 is 0. The fourth-order valence-electron chi connectivity index (χ4n) is 2.56. The third-order valence-electron chi connectivity index (χ3n) is 3.78. The van der Waals surface area contributed by atoms with Gasteiger partial charge in [-0.15, -0.1) is 0 Å². The number of benzene rings is 1. The number of carbonyl (C=O) groups is 1. The molecule has 0 bridgehead atoms. The highest BCUT2D eigenvalue weighted by Gasteiger charge is 2.11. The Balaban J connectivity index is 1.95. The highest BCUT2D eigenvalue weighted by atomic mass is 16.1. The number of amides is 1. The van der Waals surface area contributed by atoms with Crippen molar-refractivity contribution in [3.05, 3.63) is 41.5 Å². The van der Waals surface area contributed by atoms with Crippen LogP contribution in [0.2, 0.25) is 0 Å². The third-order valence-corrected chi connectivity index (χ3v) is 3.78. The van der Waals surface area contributed by atoms with Crippen LogP contribution in [0.5, 0.6) is 0 Å². The summed E-state index contributed by atoms with van der Waals surface area (Å²) in [6.45, 7) is 5.64. The second-order valence-corrected chi connectivity index (χ2v) is 5.42. The Morgan fingerprint density at radius 3 is 2.85 bits per heavy atom. The zero-order valence-corrected chi connectivity index (χ0v) is 12.4. The van der Waals surface area contributed by atoms with Crippen LogP contribution in [0.1, 0.15) is 42.1 Å². The van der Waals surface area contributed by atoms with Crippen LogP contribution in [0.25, 0.3) is 0 Å². The molecule has 0 heterocycles. The van der Waals surface area contributed by atoms with Crippen LogP contribution in [-0.4, -0.2) is 19.0 Å². The van der Waals surface area contributed by atoms with E-state index in [2.05, 4.69) is 22.8 Å². The monoisotopic (exact) mass is 272 g/mol. The van der Waals surface area contributed by atoms with Crippen molar-refractivity contribution in [3.8, 4) is 0 Å². The molecule has 0 spiro atoms. The highest BCUT2D eigenvalue weighted by molar-refractivity contribution is 5.94. The fourth-order valence-corrected chi connectivity index (χ4v) is 2.56. The molecule has 0 aromatic heterocycles. The van der Waals surface area contributed by atoms with E-state index in [9.17, 15) is 4.79 Å². The molecule has 1 aliphatic rings. The lowest BCUT2D eigenvalue weighted by Crippen LogP contribution is -2.22. The predicted octanol–water partition coefficient (Wildman–Crippen LogP) is 3.51. The normalized spacial score (nSPS) is 17.8. The lowest BCUT2D eigenvalue weighted by molar-refractivity contribution is 0.0956. The Hall–Kier alpha value is -1.77. The fraction of sp³-hybridized carbons (Fsp3) is 0.471. The first-order valence-electron chi connectivity index (χ1n) is 7.48. The van der Waals surface area contributed by atoms with Crippen LogP contribution in [-0.2, 0) is 0 Å². The lowest BCUT2D eigenvalue weighted by Gasteiger charge is -2.20. The molecule has 0 radical (unpaired) electrons. The molecule has 0 fully saturated rings. The van der Waals surface area contributed by atoms with E-state index in [4.69, 9.17) is 0 Å². The van der Waals surface area contributed by atoms with Gasteiger partial charge in [-0.1, -0.05) is 12.2 Å². The largest absolute Gasteiger partial charge is 0.385 e. The summed E-state index contributed by atoms with van der Waals surface area (Å²) in [4.78, 5) is 11.8. The van der Waals surface area contributed by atoms with Crippen molar-refractivity contribution in [3.63, 3.8) is 0 Å². The molecule has 1 aromatic rings. The van der Waals surface area contributed by atoms with E-state index < -0.39 is 0 Å². The van der Waals surface area contributed by atoms with Gasteiger partial charge in [-0.2, -0.15) is 0 Å². The first kappa shape index (κ1) is 14.6. The molecular weight excluding hydrogens is 248 g/mol. The topological polar surface area (TPSA) is 41.1 Å². The molecule has 1 unspecified atom stereocenters. The maximum Gasteiger partial charge on any atom is 0.251 e. The lowest BCUT2D eigenvalue weighted by atomic mass is 9.94. The van der Waals surface area contributed by atoms with Gasteiger partial charge >= 0.3 is 0 Å². The van der Waals surface area contributed by atoms with E-state index in [0.29, 0.717) is 6.54 Å². The van der Waals surface area contributed by atoms with Gasteiger partial charge in [0.05, 0.1) is 0 Å². The van der Waals surface area contributed by atoms with Crippen LogP contribution in [0.15, 0.2) is 30.4 Å². The van der Waals surface area contributed by atoms with Crippen molar-refractivity contribution in [1.29, 1.82) is 0 Å². The van der Waals surface area contributed by atoms with Crippen LogP contribution in [0, 0.1) is 12.8 Å². The van der Waals surface area contributed by atoms with Crippen LogP contribution in [0.3, 0.4) is 0 Å². The molecule has 0 aliphatic heterocycles. The Kier molecular flexibility index (Phi) is 5.22. The van der Waals surface area contributed by atoms with Gasteiger partial charge in [0.1, 0.15) is 0 Å². The first-order chi connectivity index (χ1) is 9.70. The molecule has 2 N–H and O–H groups in total. The summed E-state index contributed by atoms with van der Waals surface area (Å²) >= 11 is 0. The predicted molar refractivity (Wildman–Crippen MR) is 84.2 cm³/mol. The maximum absolute atomic E-state index is 11.8. The number of anilines is 1. The van der Waals surface area contributed by atoms with Gasteiger partial charge in [0.2, 0.25) is 0 Å². The number of aryl methyl sites for hydroxylation is 1. The number of rotatable bonds is 5. The standard InChI is InChI=1S/C17H24N2O/c1-3-18-17(20)15-9-10-16(13(2)11-15)19-12-14-7-5-4-6-8-14/h4-5,9-11,14,19H,3,6-8,12H2,1-2H3,(H,18,20). The summed E-state index contributed by atoms with van der Waals surface area (Å²) in [5.74, 6) is 0.724. The molecule has 108 valence electrons. The summed E-state index contributed by atoms with van der Waals surface area (Å²) in [6, 6.07) is 5.85. The third kappa shape index (κ3) is 3.86. The van der Waals surface area contributed by atoms with Crippen molar-refractivity contribution in [2.24, 2.45) is 5.92 Å². The van der Waals surface area contributed by atoms with E-state index in [0.717, 1.165) is 29.3 Å². The molecule has 1 atom stereocenters. The molecule has 2 rings (SSSR count). The van der Waals surface area contributed by atoms with Crippen molar-refractivity contribution in [2.75, 3.05) is 18.4 Å². The SMILES string of the molecule is CCNC(=O)c1ccc(NCC2CC=CCC2)c(C)c1. The van der Waals surface area contributed by atoms with Crippen molar-refractivity contribution < 1.29 is 4.79 Å². The van der Waals surface area contributed by atoms with Crippen molar-refractivity contribution >= 4 is 11.6 Å². The van der Waals surface area contributed by atoms with Gasteiger partial charge in [-0.25, -0.2) is 0 Å². The van der Waals surface area contributed by atoms with E-state index >= 15 is 0 Å². The van der Waals surface area contributed by atoms with E-state index in [1.807, 2.05) is 32.0 Å². The zero-order chi connectivity index (χ0) is 14.4. The molecular formula is C17H24N2O. The van der Waals surface area contributed by atoms with E-state index in [1.54, 1.807) is 0 Å².